The van der Waals surface area contributed by atoms with E-state index in [0.29, 0.717) is 5.92 Å². The predicted octanol–water partition coefficient (Wildman–Crippen LogP) is 3.87. The highest BCUT2D eigenvalue weighted by Gasteiger charge is 2.16. The molecule has 5 nitrogen and oxygen atoms in total. The average Bonchev–Trinajstić information content (AvgIpc) is 2.45. The van der Waals surface area contributed by atoms with Crippen LogP contribution in [0.4, 0.5) is 16.2 Å². The van der Waals surface area contributed by atoms with Crippen LogP contribution in [-0.2, 0) is 9.47 Å². The van der Waals surface area contributed by atoms with Gasteiger partial charge in [0, 0.05) is 31.1 Å². The lowest BCUT2D eigenvalue weighted by atomic mass is 10.0. The first-order valence-corrected chi connectivity index (χ1v) is 7.84. The van der Waals surface area contributed by atoms with Gasteiger partial charge in [-0.2, -0.15) is 0 Å². The molecule has 1 aliphatic heterocycles. The van der Waals surface area contributed by atoms with Gasteiger partial charge in [-0.1, -0.05) is 0 Å². The van der Waals surface area contributed by atoms with Crippen LogP contribution in [-0.4, -0.2) is 31.5 Å². The van der Waals surface area contributed by atoms with E-state index in [1.807, 2.05) is 45.0 Å². The standard InChI is InChI=1S/C17H26N2O3/c1-17(2,3)22-16(20)19-15-6-4-14(5-7-15)18-12-13-8-10-21-11-9-13/h4-7,13,18H,8-12H2,1-3H3,(H,19,20). The number of nitrogens with one attached hydrogen (secondary N) is 2. The summed E-state index contributed by atoms with van der Waals surface area (Å²) in [4.78, 5) is 11.7. The largest absolute Gasteiger partial charge is 0.444 e. The molecule has 0 saturated carbocycles. The first-order chi connectivity index (χ1) is 10.4. The number of rotatable bonds is 4. The maximum Gasteiger partial charge on any atom is 0.412 e. The van der Waals surface area contributed by atoms with E-state index in [1.54, 1.807) is 0 Å². The molecule has 1 fully saturated rings. The van der Waals surface area contributed by atoms with Gasteiger partial charge in [-0.05, 0) is 63.8 Å². The highest BCUT2D eigenvalue weighted by molar-refractivity contribution is 5.85. The van der Waals surface area contributed by atoms with Crippen LogP contribution in [0.25, 0.3) is 0 Å². The topological polar surface area (TPSA) is 59.6 Å². The van der Waals surface area contributed by atoms with Gasteiger partial charge in [-0.15, -0.1) is 0 Å². The Hall–Kier alpha value is -1.75. The Morgan fingerprint density at radius 1 is 1.18 bits per heavy atom. The molecular weight excluding hydrogens is 280 g/mol. The van der Waals surface area contributed by atoms with Crippen LogP contribution in [0.1, 0.15) is 33.6 Å². The summed E-state index contributed by atoms with van der Waals surface area (Å²) in [6.45, 7) is 8.22. The Morgan fingerprint density at radius 3 is 2.36 bits per heavy atom. The number of hydrogen-bond acceptors (Lipinski definition) is 4. The highest BCUT2D eigenvalue weighted by atomic mass is 16.6. The number of carbonyl (C=O) groups excluding carboxylic acids is 1. The molecule has 1 aromatic carbocycles. The molecule has 1 heterocycles. The van der Waals surface area contributed by atoms with Crippen molar-refractivity contribution in [1.29, 1.82) is 0 Å². The highest BCUT2D eigenvalue weighted by Crippen LogP contribution is 2.18. The molecule has 2 N–H and O–H groups in total. The summed E-state index contributed by atoms with van der Waals surface area (Å²) in [7, 11) is 0. The minimum Gasteiger partial charge on any atom is -0.444 e. The van der Waals surface area contributed by atoms with Gasteiger partial charge in [0.25, 0.3) is 0 Å². The van der Waals surface area contributed by atoms with Crippen molar-refractivity contribution in [3.8, 4) is 0 Å². The number of anilines is 2. The van der Waals surface area contributed by atoms with Crippen LogP contribution in [0.2, 0.25) is 0 Å². The molecule has 2 rings (SSSR count). The number of hydrogen-bond donors (Lipinski definition) is 2. The molecule has 0 bridgehead atoms. The van der Waals surface area contributed by atoms with Crippen molar-refractivity contribution in [3.63, 3.8) is 0 Å². The molecule has 0 aromatic heterocycles. The van der Waals surface area contributed by atoms with E-state index in [-0.39, 0.29) is 0 Å². The summed E-state index contributed by atoms with van der Waals surface area (Å²) in [6, 6.07) is 7.67. The summed E-state index contributed by atoms with van der Waals surface area (Å²) in [5, 5.41) is 6.16. The van der Waals surface area contributed by atoms with E-state index in [4.69, 9.17) is 9.47 Å². The van der Waals surface area contributed by atoms with Crippen LogP contribution in [0.15, 0.2) is 24.3 Å². The second-order valence-electron chi connectivity index (χ2n) is 6.64. The Kier molecular flexibility index (Phi) is 5.66. The quantitative estimate of drug-likeness (QED) is 0.886. The first kappa shape index (κ1) is 16.6. The monoisotopic (exact) mass is 306 g/mol. The van der Waals surface area contributed by atoms with E-state index >= 15 is 0 Å². The molecule has 1 amide bonds. The molecule has 0 unspecified atom stereocenters. The van der Waals surface area contributed by atoms with Crippen LogP contribution < -0.4 is 10.6 Å². The SMILES string of the molecule is CC(C)(C)OC(=O)Nc1ccc(NCC2CCOCC2)cc1. The Morgan fingerprint density at radius 2 is 1.77 bits per heavy atom. The van der Waals surface area contributed by atoms with Crippen molar-refractivity contribution in [3.05, 3.63) is 24.3 Å². The van der Waals surface area contributed by atoms with Gasteiger partial charge >= 0.3 is 6.09 Å². The minimum atomic E-state index is -0.491. The fourth-order valence-electron chi connectivity index (χ4n) is 2.31. The summed E-state index contributed by atoms with van der Waals surface area (Å²) in [5.41, 5.74) is 1.29. The first-order valence-electron chi connectivity index (χ1n) is 7.84. The number of amides is 1. The van der Waals surface area contributed by atoms with Gasteiger partial charge in [0.15, 0.2) is 0 Å². The summed E-state index contributed by atoms with van der Waals surface area (Å²) >= 11 is 0. The molecule has 122 valence electrons. The number of carbonyl (C=O) groups is 1. The normalized spacial score (nSPS) is 16.1. The maximum atomic E-state index is 11.7. The number of benzene rings is 1. The Labute approximate surface area is 132 Å². The summed E-state index contributed by atoms with van der Waals surface area (Å²) in [5.74, 6) is 0.674. The molecule has 1 aliphatic rings. The third-order valence-corrected chi connectivity index (χ3v) is 3.47. The maximum absolute atomic E-state index is 11.7. The molecule has 0 radical (unpaired) electrons. The zero-order valence-corrected chi connectivity index (χ0v) is 13.6. The molecule has 0 aliphatic carbocycles. The fraction of sp³-hybridized carbons (Fsp3) is 0.588. The second-order valence-corrected chi connectivity index (χ2v) is 6.64. The van der Waals surface area contributed by atoms with Gasteiger partial charge in [0.2, 0.25) is 0 Å². The summed E-state index contributed by atoms with van der Waals surface area (Å²) in [6.07, 6.45) is 1.80. The van der Waals surface area contributed by atoms with E-state index < -0.39 is 11.7 Å². The van der Waals surface area contributed by atoms with E-state index in [0.717, 1.165) is 44.0 Å². The van der Waals surface area contributed by atoms with Crippen molar-refractivity contribution in [2.24, 2.45) is 5.92 Å². The van der Waals surface area contributed by atoms with Crippen molar-refractivity contribution in [1.82, 2.24) is 0 Å². The van der Waals surface area contributed by atoms with Gasteiger partial charge < -0.3 is 14.8 Å². The van der Waals surface area contributed by atoms with Gasteiger partial charge in [0.1, 0.15) is 5.60 Å². The molecule has 0 atom stereocenters. The lowest BCUT2D eigenvalue weighted by Crippen LogP contribution is -2.27. The van der Waals surface area contributed by atoms with Gasteiger partial charge in [-0.3, -0.25) is 5.32 Å². The van der Waals surface area contributed by atoms with E-state index in [9.17, 15) is 4.79 Å². The molecule has 22 heavy (non-hydrogen) atoms. The lowest BCUT2D eigenvalue weighted by Gasteiger charge is -2.22. The van der Waals surface area contributed by atoms with Crippen molar-refractivity contribution < 1.29 is 14.3 Å². The van der Waals surface area contributed by atoms with Crippen molar-refractivity contribution >= 4 is 17.5 Å². The van der Waals surface area contributed by atoms with Crippen LogP contribution >= 0.6 is 0 Å². The molecule has 1 saturated heterocycles. The Bertz CT molecular complexity index is 474. The molecular formula is C17H26N2O3. The van der Waals surface area contributed by atoms with Crippen LogP contribution in [0.5, 0.6) is 0 Å². The summed E-state index contributed by atoms with van der Waals surface area (Å²) < 4.78 is 10.6. The number of ether oxygens (including phenoxy) is 2. The minimum absolute atomic E-state index is 0.435. The average molecular weight is 306 g/mol. The van der Waals surface area contributed by atoms with Gasteiger partial charge in [-0.25, -0.2) is 4.79 Å². The second kappa shape index (κ2) is 7.49. The van der Waals surface area contributed by atoms with E-state index in [1.165, 1.54) is 0 Å². The smallest absolute Gasteiger partial charge is 0.412 e. The molecule has 5 heteroatoms. The molecule has 1 aromatic rings. The van der Waals surface area contributed by atoms with Crippen LogP contribution in [0.3, 0.4) is 0 Å². The third kappa shape index (κ3) is 5.93. The van der Waals surface area contributed by atoms with Crippen molar-refractivity contribution in [2.75, 3.05) is 30.4 Å². The van der Waals surface area contributed by atoms with Crippen molar-refractivity contribution in [2.45, 2.75) is 39.2 Å². The zero-order valence-electron chi connectivity index (χ0n) is 13.6. The third-order valence-electron chi connectivity index (χ3n) is 3.47. The fourth-order valence-corrected chi connectivity index (χ4v) is 2.31. The molecule has 0 spiro atoms. The van der Waals surface area contributed by atoms with Gasteiger partial charge in [0.05, 0.1) is 0 Å². The predicted molar refractivity (Wildman–Crippen MR) is 88.3 cm³/mol. The Balaban J connectivity index is 1.78. The van der Waals surface area contributed by atoms with Crippen LogP contribution in [0, 0.1) is 5.92 Å². The lowest BCUT2D eigenvalue weighted by molar-refractivity contribution is 0.0636. The zero-order chi connectivity index (χ0) is 16.0. The van der Waals surface area contributed by atoms with E-state index in [2.05, 4.69) is 10.6 Å².